The fraction of sp³-hybridized carbons (Fsp3) is 0.500. The molecule has 7 heteroatoms. The van der Waals surface area contributed by atoms with Crippen molar-refractivity contribution in [2.24, 2.45) is 0 Å². The van der Waals surface area contributed by atoms with Crippen LogP contribution in [-0.2, 0) is 24.8 Å². The van der Waals surface area contributed by atoms with Gasteiger partial charge >= 0.3 is 5.56 Å². The van der Waals surface area contributed by atoms with Crippen LogP contribution in [0.2, 0.25) is 0 Å². The SMILES string of the molecule is CCc1cc(C#N)cc(C2(Cc3nc(=O)c(O)c4n3C[C@H](C)N(C)C4=O)CCCC2)c1. The highest BCUT2D eigenvalue weighted by atomic mass is 16.3. The topological polar surface area (TPSA) is 99.2 Å². The molecule has 2 aliphatic rings. The number of benzene rings is 1. The van der Waals surface area contributed by atoms with Crippen LogP contribution in [-0.4, -0.2) is 38.6 Å². The number of carbonyl (C=O) groups excluding carboxylic acids is 1. The van der Waals surface area contributed by atoms with Crippen LogP contribution in [0.3, 0.4) is 0 Å². The number of aromatic hydroxyl groups is 1. The second-order valence-corrected chi connectivity index (χ2v) is 8.95. The van der Waals surface area contributed by atoms with Crippen LogP contribution in [0.5, 0.6) is 5.75 Å². The molecule has 0 saturated heterocycles. The number of rotatable bonds is 4. The van der Waals surface area contributed by atoms with Crippen LogP contribution >= 0.6 is 0 Å². The molecule has 0 radical (unpaired) electrons. The van der Waals surface area contributed by atoms with Gasteiger partial charge in [-0.25, -0.2) is 0 Å². The van der Waals surface area contributed by atoms with Crippen molar-refractivity contribution in [3.8, 4) is 11.8 Å². The van der Waals surface area contributed by atoms with Crippen LogP contribution in [0.4, 0.5) is 0 Å². The summed E-state index contributed by atoms with van der Waals surface area (Å²) in [7, 11) is 1.68. The van der Waals surface area contributed by atoms with Gasteiger partial charge in [-0.1, -0.05) is 25.8 Å². The number of nitrogens with zero attached hydrogens (tertiary/aromatic N) is 4. The van der Waals surface area contributed by atoms with Gasteiger partial charge in [0.15, 0.2) is 5.69 Å². The van der Waals surface area contributed by atoms with Gasteiger partial charge in [0.25, 0.3) is 5.91 Å². The van der Waals surface area contributed by atoms with E-state index in [1.165, 1.54) is 0 Å². The fourth-order valence-corrected chi connectivity index (χ4v) is 5.08. The minimum atomic E-state index is -0.759. The molecular weight excluding hydrogens is 392 g/mol. The van der Waals surface area contributed by atoms with E-state index in [1.54, 1.807) is 16.5 Å². The maximum Gasteiger partial charge on any atom is 0.315 e. The van der Waals surface area contributed by atoms with Gasteiger partial charge in [-0.15, -0.1) is 0 Å². The van der Waals surface area contributed by atoms with Crippen molar-refractivity contribution in [2.45, 2.75) is 70.4 Å². The van der Waals surface area contributed by atoms with E-state index in [0.717, 1.165) is 43.2 Å². The van der Waals surface area contributed by atoms with E-state index < -0.39 is 11.3 Å². The van der Waals surface area contributed by atoms with Crippen LogP contribution < -0.4 is 5.56 Å². The predicted molar refractivity (Wildman–Crippen MR) is 116 cm³/mol. The van der Waals surface area contributed by atoms with Crippen molar-refractivity contribution in [2.75, 3.05) is 7.05 Å². The zero-order chi connectivity index (χ0) is 22.3. The van der Waals surface area contributed by atoms with Crippen LogP contribution in [0.25, 0.3) is 0 Å². The van der Waals surface area contributed by atoms with Crippen LogP contribution in [0, 0.1) is 11.3 Å². The van der Waals surface area contributed by atoms with Crippen LogP contribution in [0.1, 0.15) is 72.5 Å². The highest BCUT2D eigenvalue weighted by molar-refractivity contribution is 5.95. The number of aryl methyl sites for hydroxylation is 1. The molecule has 1 fully saturated rings. The summed E-state index contributed by atoms with van der Waals surface area (Å²) >= 11 is 0. The van der Waals surface area contributed by atoms with Crippen molar-refractivity contribution < 1.29 is 9.90 Å². The number of carbonyl (C=O) groups is 1. The van der Waals surface area contributed by atoms with Gasteiger partial charge in [-0.2, -0.15) is 10.2 Å². The minimum absolute atomic E-state index is 0.0313. The second-order valence-electron chi connectivity index (χ2n) is 8.95. The molecule has 31 heavy (non-hydrogen) atoms. The molecule has 2 aromatic rings. The first-order valence-electron chi connectivity index (χ1n) is 10.9. The Kier molecular flexibility index (Phi) is 5.34. The first-order chi connectivity index (χ1) is 14.8. The first-order valence-corrected chi connectivity index (χ1v) is 10.9. The standard InChI is InChI=1S/C24H28N4O3/c1-4-16-9-17(13-25)11-18(10-16)24(7-5-6-8-24)12-19-26-22(30)21(29)20-23(31)27(3)15(2)14-28(19)20/h9-11,15,29H,4-8,12,14H2,1-3H3/t15-/m0/s1. The highest BCUT2D eigenvalue weighted by Gasteiger charge is 2.40. The highest BCUT2D eigenvalue weighted by Crippen LogP contribution is 2.44. The molecule has 1 aliphatic heterocycles. The van der Waals surface area contributed by atoms with Crippen molar-refractivity contribution in [3.05, 3.63) is 56.8 Å². The molecule has 1 saturated carbocycles. The summed E-state index contributed by atoms with van der Waals surface area (Å²) < 4.78 is 1.73. The molecular formula is C24H28N4O3. The normalized spacial score (nSPS) is 19.9. The van der Waals surface area contributed by atoms with Gasteiger partial charge in [0, 0.05) is 31.5 Å². The molecule has 1 atom stereocenters. The number of nitriles is 1. The number of hydrogen-bond donors (Lipinski definition) is 1. The summed E-state index contributed by atoms with van der Waals surface area (Å²) in [6.45, 7) is 4.49. The van der Waals surface area contributed by atoms with Gasteiger partial charge < -0.3 is 14.6 Å². The van der Waals surface area contributed by atoms with Crippen molar-refractivity contribution in [1.82, 2.24) is 14.5 Å². The third-order valence-electron chi connectivity index (χ3n) is 7.07. The molecule has 1 N–H and O–H groups in total. The van der Waals surface area contributed by atoms with Crippen molar-refractivity contribution >= 4 is 5.91 Å². The maximum absolute atomic E-state index is 12.8. The summed E-state index contributed by atoms with van der Waals surface area (Å²) in [5, 5.41) is 19.9. The Morgan fingerprint density at radius 3 is 2.61 bits per heavy atom. The summed E-state index contributed by atoms with van der Waals surface area (Å²) in [6, 6.07) is 8.26. The molecule has 0 spiro atoms. The largest absolute Gasteiger partial charge is 0.501 e. The Bertz CT molecular complexity index is 1140. The average molecular weight is 421 g/mol. The number of fused-ring (bicyclic) bond motifs is 1. The van der Waals surface area contributed by atoms with Gasteiger partial charge in [0.2, 0.25) is 5.75 Å². The third-order valence-corrected chi connectivity index (χ3v) is 7.07. The monoisotopic (exact) mass is 420 g/mol. The lowest BCUT2D eigenvalue weighted by molar-refractivity contribution is 0.0660. The van der Waals surface area contributed by atoms with Gasteiger partial charge in [-0.3, -0.25) is 9.59 Å². The van der Waals surface area contributed by atoms with Gasteiger partial charge in [0.1, 0.15) is 5.82 Å². The molecule has 0 unspecified atom stereocenters. The molecule has 4 rings (SSSR count). The number of likely N-dealkylation sites (N-methyl/N-ethyl adjacent to an activating group) is 1. The molecule has 0 bridgehead atoms. The summed E-state index contributed by atoms with van der Waals surface area (Å²) in [5.41, 5.74) is 1.88. The van der Waals surface area contributed by atoms with Gasteiger partial charge in [0.05, 0.1) is 11.6 Å². The lowest BCUT2D eigenvalue weighted by atomic mass is 9.74. The molecule has 1 aromatic carbocycles. The Morgan fingerprint density at radius 1 is 1.26 bits per heavy atom. The van der Waals surface area contributed by atoms with E-state index in [0.29, 0.717) is 24.4 Å². The smallest absolute Gasteiger partial charge is 0.315 e. The molecule has 1 amide bonds. The number of amides is 1. The quantitative estimate of drug-likeness (QED) is 0.820. The molecule has 7 nitrogen and oxygen atoms in total. The van der Waals surface area contributed by atoms with E-state index in [2.05, 4.69) is 24.0 Å². The zero-order valence-corrected chi connectivity index (χ0v) is 18.3. The Hall–Kier alpha value is -3.14. The first kappa shape index (κ1) is 21.1. The van der Waals surface area contributed by atoms with Gasteiger partial charge in [-0.05, 0) is 49.4 Å². The zero-order valence-electron chi connectivity index (χ0n) is 18.3. The lowest BCUT2D eigenvalue weighted by Crippen LogP contribution is -2.47. The van der Waals surface area contributed by atoms with Crippen molar-refractivity contribution in [1.29, 1.82) is 5.26 Å². The molecule has 1 aliphatic carbocycles. The number of aromatic nitrogens is 2. The Balaban J connectivity index is 1.86. The Morgan fingerprint density at radius 2 is 1.97 bits per heavy atom. The summed E-state index contributed by atoms with van der Waals surface area (Å²) in [4.78, 5) is 31.1. The van der Waals surface area contributed by atoms with E-state index in [4.69, 9.17) is 0 Å². The van der Waals surface area contributed by atoms with Crippen molar-refractivity contribution in [3.63, 3.8) is 0 Å². The average Bonchev–Trinajstić information content (AvgIpc) is 3.24. The molecule has 162 valence electrons. The maximum atomic E-state index is 12.8. The van der Waals surface area contributed by atoms with E-state index in [9.17, 15) is 20.0 Å². The van der Waals surface area contributed by atoms with Crippen LogP contribution in [0.15, 0.2) is 23.0 Å². The fourth-order valence-electron chi connectivity index (χ4n) is 5.08. The van der Waals surface area contributed by atoms with E-state index >= 15 is 0 Å². The number of hydrogen-bond acceptors (Lipinski definition) is 5. The Labute approximate surface area is 182 Å². The second kappa shape index (κ2) is 7.84. The molecule has 2 heterocycles. The lowest BCUT2D eigenvalue weighted by Gasteiger charge is -2.36. The predicted octanol–water partition coefficient (Wildman–Crippen LogP) is 2.91. The summed E-state index contributed by atoms with van der Waals surface area (Å²) in [6.07, 6.45) is 5.32. The molecule has 1 aromatic heterocycles. The van der Waals surface area contributed by atoms with E-state index in [-0.39, 0.29) is 23.1 Å². The third kappa shape index (κ3) is 3.50. The minimum Gasteiger partial charge on any atom is -0.501 e. The summed E-state index contributed by atoms with van der Waals surface area (Å²) in [5.74, 6) is -0.404. The van der Waals surface area contributed by atoms with E-state index in [1.807, 2.05) is 19.1 Å².